The van der Waals surface area contributed by atoms with E-state index in [1.807, 2.05) is 12.1 Å². The molecule has 0 fully saturated rings. The molecule has 0 spiro atoms. The summed E-state index contributed by atoms with van der Waals surface area (Å²) in [6, 6.07) is 17.7. The Morgan fingerprint density at radius 1 is 1.04 bits per heavy atom. The average molecular weight is 357 g/mol. The Morgan fingerprint density at radius 3 is 2.04 bits per heavy atom. The number of anilines is 2. The number of hydrogen-bond acceptors (Lipinski definition) is 4. The van der Waals surface area contributed by atoms with Gasteiger partial charge in [0.25, 0.3) is 0 Å². The fourth-order valence-electron chi connectivity index (χ4n) is 2.68. The molecule has 0 saturated carbocycles. The van der Waals surface area contributed by atoms with Gasteiger partial charge in [0.05, 0.1) is 11.4 Å². The summed E-state index contributed by atoms with van der Waals surface area (Å²) >= 11 is 0. The predicted molar refractivity (Wildman–Crippen MR) is 98.9 cm³/mol. The van der Waals surface area contributed by atoms with Crippen LogP contribution in [-0.4, -0.2) is 10.6 Å². The molecule has 0 radical (unpaired) electrons. The summed E-state index contributed by atoms with van der Waals surface area (Å²) < 4.78 is 19.9. The first-order valence-electron chi connectivity index (χ1n) is 7.77. The second kappa shape index (κ2) is 6.86. The first kappa shape index (κ1) is 17.5. The van der Waals surface area contributed by atoms with Gasteiger partial charge in [-0.25, -0.2) is 9.24 Å². The summed E-state index contributed by atoms with van der Waals surface area (Å²) in [4.78, 5) is 10.8. The first-order valence-corrected chi connectivity index (χ1v) is 9.30. The molecule has 2 atom stereocenters. The van der Waals surface area contributed by atoms with Crippen molar-refractivity contribution >= 4 is 19.1 Å². The number of para-hydroxylation sites is 2. The molecule has 3 rings (SSSR count). The Kier molecular flexibility index (Phi) is 4.79. The van der Waals surface area contributed by atoms with Gasteiger partial charge in [-0.2, -0.15) is 0 Å². The highest BCUT2D eigenvalue weighted by Gasteiger charge is 2.40. The highest BCUT2D eigenvalue weighted by atomic mass is 31.2. The quantitative estimate of drug-likeness (QED) is 0.560. The topological polar surface area (TPSA) is 102 Å². The number of benzene rings is 2. The monoisotopic (exact) mass is 357 g/mol. The van der Waals surface area contributed by atoms with E-state index in [0.717, 1.165) is 0 Å². The fourth-order valence-corrected chi connectivity index (χ4v) is 4.18. The molecule has 25 heavy (non-hydrogen) atoms. The predicted octanol–water partition coefficient (Wildman–Crippen LogP) is 3.40. The van der Waals surface area contributed by atoms with Crippen LogP contribution in [-0.2, 0) is 9.09 Å². The number of nitrogens with zero attached hydrogens (tertiary/aromatic N) is 1. The lowest BCUT2D eigenvalue weighted by atomic mass is 10.0. The maximum atomic E-state index is 13.2. The molecule has 1 aliphatic rings. The normalized spacial score (nSPS) is 22.1. The average Bonchev–Trinajstić information content (AvgIpc) is 2.55. The number of rotatable bonds is 5. The van der Waals surface area contributed by atoms with Crippen molar-refractivity contribution < 1.29 is 14.0 Å². The van der Waals surface area contributed by atoms with Gasteiger partial charge in [0.2, 0.25) is 0 Å². The molecule has 6 nitrogen and oxygen atoms in total. The van der Waals surface area contributed by atoms with E-state index in [9.17, 15) is 9.46 Å². The van der Waals surface area contributed by atoms with Gasteiger partial charge in [0.1, 0.15) is 0 Å². The van der Waals surface area contributed by atoms with Crippen LogP contribution in [0, 0.1) is 0 Å². The molecule has 130 valence electrons. The van der Waals surface area contributed by atoms with Crippen molar-refractivity contribution in [2.45, 2.75) is 12.1 Å². The molecule has 7 heteroatoms. The van der Waals surface area contributed by atoms with Gasteiger partial charge in [0, 0.05) is 12.1 Å². The van der Waals surface area contributed by atoms with Gasteiger partial charge in [0.15, 0.2) is 5.72 Å². The van der Waals surface area contributed by atoms with E-state index >= 15 is 0 Å². The van der Waals surface area contributed by atoms with E-state index in [-0.39, 0.29) is 6.42 Å². The SMILES string of the molecule is NC1=CC=CC(N)(OP(=O)(O)N(c2ccccc2)c2ccccc2)C1. The van der Waals surface area contributed by atoms with Crippen LogP contribution >= 0.6 is 7.75 Å². The molecule has 2 aromatic rings. The van der Waals surface area contributed by atoms with Gasteiger partial charge in [-0.05, 0) is 36.4 Å². The van der Waals surface area contributed by atoms with E-state index < -0.39 is 13.5 Å². The van der Waals surface area contributed by atoms with Crippen molar-refractivity contribution in [3.8, 4) is 0 Å². The molecule has 0 bridgehead atoms. The lowest BCUT2D eigenvalue weighted by Crippen LogP contribution is -2.43. The Morgan fingerprint density at radius 2 is 1.56 bits per heavy atom. The van der Waals surface area contributed by atoms with Crippen LogP contribution in [0.1, 0.15) is 6.42 Å². The standard InChI is InChI=1S/C18H20N3O3P/c19-15-8-7-13-18(20,14-15)24-25(22,23)21(16-9-3-1-4-10-16)17-11-5-2-6-12-17/h1-13H,14,19-20H2,(H,22,23). The minimum Gasteiger partial charge on any atom is -0.402 e. The summed E-state index contributed by atoms with van der Waals surface area (Å²) in [7, 11) is -4.33. The molecular weight excluding hydrogens is 337 g/mol. The molecule has 2 unspecified atom stereocenters. The Labute approximate surface area is 146 Å². The van der Waals surface area contributed by atoms with Crippen LogP contribution in [0.25, 0.3) is 0 Å². The second-order valence-corrected chi connectivity index (χ2v) is 7.36. The minimum absolute atomic E-state index is 0.130. The zero-order valence-corrected chi connectivity index (χ0v) is 14.4. The molecule has 2 aromatic carbocycles. The van der Waals surface area contributed by atoms with Crippen LogP contribution in [0.4, 0.5) is 11.4 Å². The Balaban J connectivity index is 1.99. The largest absolute Gasteiger partial charge is 0.439 e. The van der Waals surface area contributed by atoms with E-state index in [2.05, 4.69) is 0 Å². The third kappa shape index (κ3) is 4.00. The molecule has 1 aliphatic carbocycles. The van der Waals surface area contributed by atoms with E-state index in [1.54, 1.807) is 60.7 Å². The number of nitrogens with two attached hydrogens (primary N) is 2. The molecule has 0 amide bonds. The third-order valence-corrected chi connectivity index (χ3v) is 5.26. The van der Waals surface area contributed by atoms with Gasteiger partial charge in [-0.1, -0.05) is 42.5 Å². The fraction of sp³-hybridized carbons (Fsp3) is 0.111. The summed E-state index contributed by atoms with van der Waals surface area (Å²) in [6.45, 7) is 0. The summed E-state index contributed by atoms with van der Waals surface area (Å²) in [5.41, 5.74) is 12.0. The van der Waals surface area contributed by atoms with Crippen LogP contribution in [0.3, 0.4) is 0 Å². The second-order valence-electron chi connectivity index (χ2n) is 5.80. The lowest BCUT2D eigenvalue weighted by molar-refractivity contribution is 0.107. The van der Waals surface area contributed by atoms with E-state index in [0.29, 0.717) is 17.1 Å². The molecule has 5 N–H and O–H groups in total. The molecule has 0 heterocycles. The van der Waals surface area contributed by atoms with E-state index in [4.69, 9.17) is 16.0 Å². The molecular formula is C18H20N3O3P. The van der Waals surface area contributed by atoms with Gasteiger partial charge < -0.3 is 10.6 Å². The zero-order chi connectivity index (χ0) is 17.9. The number of allylic oxidation sites excluding steroid dienone is 2. The summed E-state index contributed by atoms with van der Waals surface area (Å²) in [5, 5.41) is 0. The highest BCUT2D eigenvalue weighted by Crippen LogP contribution is 2.56. The van der Waals surface area contributed by atoms with Gasteiger partial charge >= 0.3 is 7.75 Å². The Bertz CT molecular complexity index is 800. The van der Waals surface area contributed by atoms with Crippen LogP contribution in [0.2, 0.25) is 0 Å². The van der Waals surface area contributed by atoms with Crippen LogP contribution in [0.15, 0.2) is 84.6 Å². The molecule has 0 aliphatic heterocycles. The van der Waals surface area contributed by atoms with Gasteiger partial charge in [-0.3, -0.25) is 10.3 Å². The van der Waals surface area contributed by atoms with Crippen molar-refractivity contribution in [1.82, 2.24) is 0 Å². The van der Waals surface area contributed by atoms with Crippen molar-refractivity contribution in [2.24, 2.45) is 11.5 Å². The van der Waals surface area contributed by atoms with Crippen molar-refractivity contribution in [2.75, 3.05) is 4.67 Å². The maximum Gasteiger partial charge on any atom is 0.439 e. The van der Waals surface area contributed by atoms with Crippen LogP contribution < -0.4 is 16.1 Å². The van der Waals surface area contributed by atoms with Crippen molar-refractivity contribution in [3.63, 3.8) is 0 Å². The third-order valence-electron chi connectivity index (χ3n) is 3.71. The molecule has 0 saturated heterocycles. The first-order chi connectivity index (χ1) is 11.9. The highest BCUT2D eigenvalue weighted by molar-refractivity contribution is 7.55. The smallest absolute Gasteiger partial charge is 0.402 e. The van der Waals surface area contributed by atoms with Crippen molar-refractivity contribution in [1.29, 1.82) is 0 Å². The van der Waals surface area contributed by atoms with E-state index in [1.165, 1.54) is 10.7 Å². The van der Waals surface area contributed by atoms with Gasteiger partial charge in [-0.15, -0.1) is 0 Å². The number of hydrogen-bond donors (Lipinski definition) is 3. The summed E-state index contributed by atoms with van der Waals surface area (Å²) in [6.07, 6.45) is 4.96. The Hall–Kier alpha value is -2.37. The zero-order valence-electron chi connectivity index (χ0n) is 13.5. The minimum atomic E-state index is -4.33. The lowest BCUT2D eigenvalue weighted by Gasteiger charge is -2.35. The summed E-state index contributed by atoms with van der Waals surface area (Å²) in [5.74, 6) is 0. The van der Waals surface area contributed by atoms with Crippen molar-refractivity contribution in [3.05, 3.63) is 84.6 Å². The van der Waals surface area contributed by atoms with Crippen LogP contribution in [0.5, 0.6) is 0 Å². The maximum absolute atomic E-state index is 13.2. The molecule has 0 aromatic heterocycles.